The Morgan fingerprint density at radius 1 is 1.48 bits per heavy atom. The fraction of sp³-hybridized carbons (Fsp3) is 0.600. The molecule has 0 aromatic heterocycles. The van der Waals surface area contributed by atoms with Crippen molar-refractivity contribution >= 4 is 11.4 Å². The number of nitro benzene ring substituents is 1. The minimum absolute atomic E-state index is 0.104. The van der Waals surface area contributed by atoms with E-state index in [2.05, 4.69) is 10.2 Å². The summed E-state index contributed by atoms with van der Waals surface area (Å²) in [7, 11) is 1.52. The predicted octanol–water partition coefficient (Wildman–Crippen LogP) is 2.57. The molecule has 0 aliphatic carbocycles. The van der Waals surface area contributed by atoms with E-state index < -0.39 is 0 Å². The van der Waals surface area contributed by atoms with Crippen molar-refractivity contribution < 1.29 is 9.66 Å². The number of likely N-dealkylation sites (N-methyl/N-ethyl adjacent to an activating group) is 1. The van der Waals surface area contributed by atoms with E-state index in [0.717, 1.165) is 26.1 Å². The molecular weight excluding hydrogens is 270 g/mol. The minimum Gasteiger partial charge on any atom is -0.496 e. The van der Waals surface area contributed by atoms with E-state index in [0.29, 0.717) is 17.5 Å². The van der Waals surface area contributed by atoms with E-state index >= 15 is 0 Å². The Balaban J connectivity index is 2.21. The van der Waals surface area contributed by atoms with Gasteiger partial charge in [0.1, 0.15) is 11.4 Å². The number of hydrogen-bond donors (Lipinski definition) is 1. The number of methoxy groups -OCH3 is 1. The highest BCUT2D eigenvalue weighted by Crippen LogP contribution is 2.32. The first-order chi connectivity index (χ1) is 10.2. The zero-order chi connectivity index (χ0) is 15.2. The summed E-state index contributed by atoms with van der Waals surface area (Å²) in [4.78, 5) is 13.0. The van der Waals surface area contributed by atoms with Gasteiger partial charge in [0.2, 0.25) is 0 Å². The van der Waals surface area contributed by atoms with Crippen LogP contribution in [0.2, 0.25) is 0 Å². The third kappa shape index (κ3) is 3.85. The van der Waals surface area contributed by atoms with Crippen LogP contribution in [0.1, 0.15) is 26.2 Å². The van der Waals surface area contributed by atoms with Gasteiger partial charge in [0.25, 0.3) is 5.69 Å². The summed E-state index contributed by atoms with van der Waals surface area (Å²) in [5.74, 6) is 0.511. The quantitative estimate of drug-likeness (QED) is 0.645. The number of benzene rings is 1. The highest BCUT2D eigenvalue weighted by molar-refractivity contribution is 5.65. The summed E-state index contributed by atoms with van der Waals surface area (Å²) in [6.07, 6.45) is 3.56. The van der Waals surface area contributed by atoms with Gasteiger partial charge in [-0.15, -0.1) is 0 Å². The maximum atomic E-state index is 11.3. The molecule has 0 amide bonds. The smallest absolute Gasteiger partial charge is 0.296 e. The van der Waals surface area contributed by atoms with E-state index in [4.69, 9.17) is 4.74 Å². The molecule has 1 aliphatic heterocycles. The van der Waals surface area contributed by atoms with Gasteiger partial charge in [-0.2, -0.15) is 0 Å². The summed E-state index contributed by atoms with van der Waals surface area (Å²) in [5, 5.41) is 14.8. The first-order valence-electron chi connectivity index (χ1n) is 7.46. The van der Waals surface area contributed by atoms with Gasteiger partial charge in [0.05, 0.1) is 18.1 Å². The Morgan fingerprint density at radius 2 is 2.29 bits per heavy atom. The van der Waals surface area contributed by atoms with Crippen LogP contribution >= 0.6 is 0 Å². The van der Waals surface area contributed by atoms with Gasteiger partial charge < -0.3 is 15.0 Å². The average molecular weight is 293 g/mol. The molecule has 0 radical (unpaired) electrons. The third-order valence-corrected chi connectivity index (χ3v) is 3.95. The van der Waals surface area contributed by atoms with Gasteiger partial charge in [-0.1, -0.05) is 6.42 Å². The maximum absolute atomic E-state index is 11.3. The van der Waals surface area contributed by atoms with E-state index in [1.807, 2.05) is 6.92 Å². The highest BCUT2D eigenvalue weighted by Gasteiger charge is 2.23. The molecule has 116 valence electrons. The molecule has 1 unspecified atom stereocenters. The van der Waals surface area contributed by atoms with Crippen molar-refractivity contribution in [3.8, 4) is 5.75 Å². The normalized spacial score (nSPS) is 18.3. The molecule has 21 heavy (non-hydrogen) atoms. The molecule has 1 aromatic carbocycles. The van der Waals surface area contributed by atoms with Gasteiger partial charge in [-0.25, -0.2) is 0 Å². The molecule has 1 aliphatic rings. The molecule has 2 rings (SSSR count). The Morgan fingerprint density at radius 3 is 2.86 bits per heavy atom. The summed E-state index contributed by atoms with van der Waals surface area (Å²) >= 11 is 0. The second kappa shape index (κ2) is 7.26. The minimum atomic E-state index is -0.338. The van der Waals surface area contributed by atoms with E-state index in [1.165, 1.54) is 26.0 Å². The maximum Gasteiger partial charge on any atom is 0.296 e. The van der Waals surface area contributed by atoms with Gasteiger partial charge in [-0.3, -0.25) is 10.1 Å². The predicted molar refractivity (Wildman–Crippen MR) is 83.2 cm³/mol. The van der Waals surface area contributed by atoms with Crippen LogP contribution in [0.3, 0.4) is 0 Å². The van der Waals surface area contributed by atoms with Crippen molar-refractivity contribution in [2.75, 3.05) is 31.6 Å². The molecule has 1 fully saturated rings. The van der Waals surface area contributed by atoms with Crippen LogP contribution in [0.25, 0.3) is 0 Å². The van der Waals surface area contributed by atoms with E-state index in [-0.39, 0.29) is 10.6 Å². The van der Waals surface area contributed by atoms with Crippen molar-refractivity contribution in [3.05, 3.63) is 28.3 Å². The number of ether oxygens (including phenoxy) is 1. The molecule has 1 atom stereocenters. The van der Waals surface area contributed by atoms with Crippen LogP contribution in [-0.4, -0.2) is 37.7 Å². The number of hydrogen-bond acceptors (Lipinski definition) is 5. The lowest BCUT2D eigenvalue weighted by atomic mass is 10.0. The topological polar surface area (TPSA) is 67.6 Å². The van der Waals surface area contributed by atoms with Crippen LogP contribution in [0.5, 0.6) is 5.75 Å². The Labute approximate surface area is 125 Å². The largest absolute Gasteiger partial charge is 0.496 e. The summed E-state index contributed by atoms with van der Waals surface area (Å²) in [6.45, 7) is 4.60. The Hall–Kier alpha value is -1.82. The van der Waals surface area contributed by atoms with Gasteiger partial charge in [0, 0.05) is 19.1 Å². The monoisotopic (exact) mass is 293 g/mol. The SMILES string of the molecule is CCN(CC1CCCCN1)c1ccc(OC)cc1[N+](=O)[O-]. The molecular formula is C15H23N3O3. The zero-order valence-corrected chi connectivity index (χ0v) is 12.7. The second-order valence-corrected chi connectivity index (χ2v) is 5.30. The highest BCUT2D eigenvalue weighted by atomic mass is 16.6. The van der Waals surface area contributed by atoms with Crippen molar-refractivity contribution in [2.24, 2.45) is 0 Å². The Kier molecular flexibility index (Phi) is 5.38. The number of nitrogens with one attached hydrogen (secondary N) is 1. The van der Waals surface area contributed by atoms with Gasteiger partial charge in [0.15, 0.2) is 0 Å². The Bertz CT molecular complexity index is 487. The number of anilines is 1. The zero-order valence-electron chi connectivity index (χ0n) is 12.7. The van der Waals surface area contributed by atoms with Crippen LogP contribution < -0.4 is 15.0 Å². The molecule has 1 N–H and O–H groups in total. The van der Waals surface area contributed by atoms with Crippen molar-refractivity contribution in [2.45, 2.75) is 32.2 Å². The lowest BCUT2D eigenvalue weighted by Gasteiger charge is -2.31. The van der Waals surface area contributed by atoms with E-state index in [9.17, 15) is 10.1 Å². The number of rotatable bonds is 6. The molecule has 0 spiro atoms. The van der Waals surface area contributed by atoms with Crippen LogP contribution in [-0.2, 0) is 0 Å². The number of nitrogens with zero attached hydrogens (tertiary/aromatic N) is 2. The summed E-state index contributed by atoms with van der Waals surface area (Å²) in [5.41, 5.74) is 0.766. The fourth-order valence-electron chi connectivity index (χ4n) is 2.79. The van der Waals surface area contributed by atoms with Crippen LogP contribution in [0, 0.1) is 10.1 Å². The summed E-state index contributed by atoms with van der Waals surface area (Å²) < 4.78 is 5.09. The van der Waals surface area contributed by atoms with Gasteiger partial charge in [-0.05, 0) is 38.4 Å². The summed E-state index contributed by atoms with van der Waals surface area (Å²) in [6, 6.07) is 5.45. The second-order valence-electron chi connectivity index (χ2n) is 5.30. The molecule has 0 saturated carbocycles. The first kappa shape index (κ1) is 15.6. The molecule has 1 aromatic rings. The number of piperidine rings is 1. The van der Waals surface area contributed by atoms with E-state index in [1.54, 1.807) is 12.1 Å². The molecule has 1 heterocycles. The lowest BCUT2D eigenvalue weighted by Crippen LogP contribution is -2.43. The number of nitro groups is 1. The third-order valence-electron chi connectivity index (χ3n) is 3.95. The molecule has 0 bridgehead atoms. The van der Waals surface area contributed by atoms with Crippen LogP contribution in [0.15, 0.2) is 18.2 Å². The van der Waals surface area contributed by atoms with Crippen molar-refractivity contribution in [3.63, 3.8) is 0 Å². The molecule has 1 saturated heterocycles. The first-order valence-corrected chi connectivity index (χ1v) is 7.46. The molecule has 6 nitrogen and oxygen atoms in total. The van der Waals surface area contributed by atoms with Crippen LogP contribution in [0.4, 0.5) is 11.4 Å². The van der Waals surface area contributed by atoms with Gasteiger partial charge >= 0.3 is 0 Å². The average Bonchev–Trinajstić information content (AvgIpc) is 2.53. The molecule has 6 heteroatoms. The standard InChI is InChI=1S/C15H23N3O3/c1-3-17(11-12-6-4-5-9-16-12)14-8-7-13(21-2)10-15(14)18(19)20/h7-8,10,12,16H,3-6,9,11H2,1-2H3. The fourth-order valence-corrected chi connectivity index (χ4v) is 2.79. The van der Waals surface area contributed by atoms with Crippen molar-refractivity contribution in [1.29, 1.82) is 0 Å². The van der Waals surface area contributed by atoms with Crippen molar-refractivity contribution in [1.82, 2.24) is 5.32 Å². The lowest BCUT2D eigenvalue weighted by molar-refractivity contribution is -0.384.